The van der Waals surface area contributed by atoms with Crippen LogP contribution in [-0.4, -0.2) is 43.4 Å². The molecule has 0 amide bonds. The molecule has 4 atom stereocenters. The van der Waals surface area contributed by atoms with Crippen molar-refractivity contribution < 1.29 is 34.8 Å². The average Bonchev–Trinajstić information content (AvgIpc) is 2.81. The molecular formula is C35H46O7. The molecule has 0 aromatic heterocycles. The van der Waals surface area contributed by atoms with E-state index in [0.717, 1.165) is 30.9 Å². The molecule has 0 spiro atoms. The van der Waals surface area contributed by atoms with Crippen LogP contribution in [0.4, 0.5) is 0 Å². The van der Waals surface area contributed by atoms with Gasteiger partial charge in [0.25, 0.3) is 0 Å². The summed E-state index contributed by atoms with van der Waals surface area (Å²) in [6.07, 6.45) is 2.57. The van der Waals surface area contributed by atoms with Gasteiger partial charge in [-0.25, -0.2) is 0 Å². The fourth-order valence-corrected chi connectivity index (χ4v) is 8.22. The number of carbonyl (C=O) groups excluding carboxylic acids is 3. The Labute approximate surface area is 249 Å². The number of phenolic OH excluding ortho intramolecular Hbond substituents is 1. The zero-order valence-corrected chi connectivity index (χ0v) is 26.5. The molecule has 1 fully saturated rings. The van der Waals surface area contributed by atoms with E-state index in [1.165, 1.54) is 0 Å². The normalized spacial score (nSPS) is 29.5. The lowest BCUT2D eigenvalue weighted by atomic mass is 9.43. The minimum atomic E-state index is -2.62. The Morgan fingerprint density at radius 2 is 1.71 bits per heavy atom. The van der Waals surface area contributed by atoms with E-state index in [1.807, 2.05) is 19.9 Å². The van der Waals surface area contributed by atoms with Gasteiger partial charge in [0.1, 0.15) is 22.8 Å². The Morgan fingerprint density at radius 1 is 1.12 bits per heavy atom. The SMILES string of the molecule is C=C(C)c1cc(CCCC(C)(C)C)c(O)c2c1C[C@]1(C)C[C@]3(C)C(C(C)C)C(=O)C(C(C)=O)=C(O)[C@]3(O)C(=O)C1=C2O. The van der Waals surface area contributed by atoms with Crippen LogP contribution in [0, 0.1) is 28.1 Å². The maximum absolute atomic E-state index is 14.5. The first-order valence-corrected chi connectivity index (χ1v) is 14.9. The number of carbonyl (C=O) groups is 3. The van der Waals surface area contributed by atoms with Gasteiger partial charge in [-0.15, -0.1) is 0 Å². The van der Waals surface area contributed by atoms with Crippen molar-refractivity contribution in [1.29, 1.82) is 0 Å². The first-order chi connectivity index (χ1) is 19.1. The average molecular weight is 579 g/mol. The van der Waals surface area contributed by atoms with Crippen molar-refractivity contribution in [1.82, 2.24) is 0 Å². The molecule has 1 saturated carbocycles. The first kappa shape index (κ1) is 31.7. The number of phenols is 1. The van der Waals surface area contributed by atoms with Gasteiger partial charge >= 0.3 is 0 Å². The predicted octanol–water partition coefficient (Wildman–Crippen LogP) is 6.59. The molecule has 1 unspecified atom stereocenters. The summed E-state index contributed by atoms with van der Waals surface area (Å²) in [5.74, 6) is -5.12. The molecule has 0 heterocycles. The van der Waals surface area contributed by atoms with E-state index in [9.17, 15) is 34.8 Å². The lowest BCUT2D eigenvalue weighted by molar-refractivity contribution is -0.178. The minimum absolute atomic E-state index is 0.0641. The van der Waals surface area contributed by atoms with Gasteiger partial charge in [0.2, 0.25) is 5.78 Å². The lowest BCUT2D eigenvalue weighted by Crippen LogP contribution is -2.69. The number of aromatic hydroxyl groups is 1. The number of Topliss-reactive ketones (excluding diaryl/α,β-unsaturated/α-hetero) is 3. The Bertz CT molecular complexity index is 1480. The van der Waals surface area contributed by atoms with Crippen molar-refractivity contribution >= 4 is 28.7 Å². The zero-order chi connectivity index (χ0) is 31.9. The summed E-state index contributed by atoms with van der Waals surface area (Å²) >= 11 is 0. The van der Waals surface area contributed by atoms with E-state index in [1.54, 1.807) is 20.8 Å². The smallest absolute Gasteiger partial charge is 0.203 e. The number of aliphatic hydroxyl groups excluding tert-OH is 2. The molecule has 1 aromatic carbocycles. The van der Waals surface area contributed by atoms with Crippen molar-refractivity contribution in [3.63, 3.8) is 0 Å². The van der Waals surface area contributed by atoms with Gasteiger partial charge in [-0.2, -0.15) is 0 Å². The van der Waals surface area contributed by atoms with Crippen LogP contribution in [0.5, 0.6) is 5.75 Å². The second-order valence-corrected chi connectivity index (χ2v) is 14.9. The second-order valence-electron chi connectivity index (χ2n) is 14.9. The third kappa shape index (κ3) is 4.38. The van der Waals surface area contributed by atoms with Gasteiger partial charge < -0.3 is 20.4 Å². The lowest BCUT2D eigenvalue weighted by Gasteiger charge is -2.59. The summed E-state index contributed by atoms with van der Waals surface area (Å²) in [6.45, 7) is 20.6. The van der Waals surface area contributed by atoms with Gasteiger partial charge in [0, 0.05) is 22.3 Å². The molecule has 4 rings (SSSR count). The third-order valence-electron chi connectivity index (χ3n) is 9.92. The molecule has 1 aromatic rings. The van der Waals surface area contributed by atoms with Crippen molar-refractivity contribution in [2.24, 2.45) is 28.1 Å². The number of hydrogen-bond donors (Lipinski definition) is 4. The van der Waals surface area contributed by atoms with Crippen LogP contribution in [0.1, 0.15) is 104 Å². The summed E-state index contributed by atoms with van der Waals surface area (Å²) in [5.41, 5.74) is -2.80. The highest BCUT2D eigenvalue weighted by atomic mass is 16.3. The van der Waals surface area contributed by atoms with Crippen LogP contribution < -0.4 is 0 Å². The number of hydrogen-bond acceptors (Lipinski definition) is 7. The molecule has 7 heteroatoms. The van der Waals surface area contributed by atoms with E-state index in [2.05, 4.69) is 27.4 Å². The second kappa shape index (κ2) is 9.94. The number of benzene rings is 1. The van der Waals surface area contributed by atoms with E-state index in [-0.39, 0.29) is 41.1 Å². The molecule has 0 aliphatic heterocycles. The maximum atomic E-state index is 14.5. The van der Waals surface area contributed by atoms with Crippen LogP contribution in [-0.2, 0) is 27.2 Å². The Morgan fingerprint density at radius 3 is 2.21 bits per heavy atom. The van der Waals surface area contributed by atoms with Gasteiger partial charge in [0.15, 0.2) is 17.2 Å². The van der Waals surface area contributed by atoms with Crippen LogP contribution in [0.2, 0.25) is 0 Å². The largest absolute Gasteiger partial charge is 0.508 e. The molecular weight excluding hydrogens is 532 g/mol. The number of aliphatic hydroxyl groups is 3. The quantitative estimate of drug-likeness (QED) is 0.280. The standard InChI is InChI=1S/C35H46O7/c1-17(2)21-14-20(12-11-13-32(6,7)8)27(37)24-22(21)15-33(9)16-34(10)25(18(3)4)28(38)23(19(5)36)30(40)35(34,42)31(41)26(33)29(24)39/h14,18,25,37,39-40,42H,1,11-13,15-16H2,2-10H3/t25?,33-,34-,35+/m1/s1. The van der Waals surface area contributed by atoms with E-state index < -0.39 is 56.8 Å². The molecule has 0 saturated heterocycles. The van der Waals surface area contributed by atoms with Crippen LogP contribution >= 0.6 is 0 Å². The highest BCUT2D eigenvalue weighted by Crippen LogP contribution is 2.65. The van der Waals surface area contributed by atoms with E-state index in [4.69, 9.17) is 0 Å². The summed E-state index contributed by atoms with van der Waals surface area (Å²) in [4.78, 5) is 40.7. The number of allylic oxidation sites excluding steroid dienone is 2. The number of ketones is 3. The van der Waals surface area contributed by atoms with Gasteiger partial charge in [-0.3, -0.25) is 14.4 Å². The summed E-state index contributed by atoms with van der Waals surface area (Å²) in [5, 5.41) is 47.0. The molecule has 4 N–H and O–H groups in total. The summed E-state index contributed by atoms with van der Waals surface area (Å²) < 4.78 is 0. The molecule has 3 aliphatic rings. The molecule has 228 valence electrons. The van der Waals surface area contributed by atoms with Crippen molar-refractivity contribution in [2.45, 2.75) is 100 Å². The first-order valence-electron chi connectivity index (χ1n) is 14.9. The van der Waals surface area contributed by atoms with Crippen molar-refractivity contribution in [3.05, 3.63) is 51.8 Å². The molecule has 3 aliphatic carbocycles. The van der Waals surface area contributed by atoms with E-state index >= 15 is 0 Å². The number of rotatable bonds is 6. The van der Waals surface area contributed by atoms with Crippen molar-refractivity contribution in [3.8, 4) is 5.75 Å². The number of fused-ring (bicyclic) bond motifs is 3. The van der Waals surface area contributed by atoms with Gasteiger partial charge in [0.05, 0.1) is 5.56 Å². The number of aryl methyl sites for hydroxylation is 1. The molecule has 0 bridgehead atoms. The van der Waals surface area contributed by atoms with Gasteiger partial charge in [-0.05, 0) is 80.0 Å². The summed E-state index contributed by atoms with van der Waals surface area (Å²) in [7, 11) is 0. The molecule has 7 nitrogen and oxygen atoms in total. The third-order valence-corrected chi connectivity index (χ3v) is 9.92. The highest BCUT2D eigenvalue weighted by Gasteiger charge is 2.72. The Hall–Kier alpha value is -3.19. The van der Waals surface area contributed by atoms with Gasteiger partial charge in [-0.1, -0.05) is 60.6 Å². The Kier molecular flexibility index (Phi) is 7.51. The van der Waals surface area contributed by atoms with Crippen LogP contribution in [0.25, 0.3) is 11.3 Å². The molecule has 0 radical (unpaired) electrons. The van der Waals surface area contributed by atoms with Crippen molar-refractivity contribution in [2.75, 3.05) is 0 Å². The fourth-order valence-electron chi connectivity index (χ4n) is 8.22. The summed E-state index contributed by atoms with van der Waals surface area (Å²) in [6, 6.07) is 1.91. The van der Waals surface area contributed by atoms with Crippen LogP contribution in [0.3, 0.4) is 0 Å². The fraction of sp³-hybridized carbons (Fsp3) is 0.571. The minimum Gasteiger partial charge on any atom is -0.508 e. The maximum Gasteiger partial charge on any atom is 0.203 e. The highest BCUT2D eigenvalue weighted by molar-refractivity contribution is 6.24. The predicted molar refractivity (Wildman–Crippen MR) is 163 cm³/mol. The topological polar surface area (TPSA) is 132 Å². The van der Waals surface area contributed by atoms with Crippen LogP contribution in [0.15, 0.2) is 29.6 Å². The monoisotopic (exact) mass is 578 g/mol. The molecule has 42 heavy (non-hydrogen) atoms. The Balaban J connectivity index is 2.01. The zero-order valence-electron chi connectivity index (χ0n) is 26.5. The van der Waals surface area contributed by atoms with E-state index in [0.29, 0.717) is 17.5 Å².